The lowest BCUT2D eigenvalue weighted by molar-refractivity contribution is 0.132. The van der Waals surface area contributed by atoms with E-state index in [1.165, 1.54) is 0 Å². The molecule has 1 N–H and O–H groups in total. The number of nitrogens with zero attached hydrogens (tertiary/aromatic N) is 2. The molecule has 0 amide bonds. The van der Waals surface area contributed by atoms with Gasteiger partial charge >= 0.3 is 0 Å². The van der Waals surface area contributed by atoms with Crippen LogP contribution in [0, 0.1) is 5.92 Å². The van der Waals surface area contributed by atoms with Gasteiger partial charge < -0.3 is 10.1 Å². The third kappa shape index (κ3) is 4.05. The number of hydrogen-bond donors (Lipinski definition) is 1. The van der Waals surface area contributed by atoms with Crippen LogP contribution >= 0.6 is 11.6 Å². The molecule has 0 aliphatic heterocycles. The van der Waals surface area contributed by atoms with E-state index in [-0.39, 0.29) is 0 Å². The van der Waals surface area contributed by atoms with Gasteiger partial charge in [-0.2, -0.15) is 0 Å². The molecule has 1 aromatic carbocycles. The van der Waals surface area contributed by atoms with Gasteiger partial charge in [0.05, 0.1) is 6.61 Å². The van der Waals surface area contributed by atoms with Crippen LogP contribution in [-0.2, 0) is 4.74 Å². The standard InChI is InChI=1S/C15H20ClN3O/c1-11(2)7-9-20-10-8-17-15-13-6-4-3-5-12(13)14(16)18-19-15/h3-6,11H,7-10H2,1-2H3,(H,17,19). The molecule has 0 unspecified atom stereocenters. The largest absolute Gasteiger partial charge is 0.380 e. The van der Waals surface area contributed by atoms with E-state index in [0.717, 1.165) is 29.6 Å². The topological polar surface area (TPSA) is 47.0 Å². The molecule has 0 aliphatic rings. The van der Waals surface area contributed by atoms with E-state index in [1.807, 2.05) is 24.3 Å². The quantitative estimate of drug-likeness (QED) is 0.790. The van der Waals surface area contributed by atoms with E-state index in [1.54, 1.807) is 0 Å². The van der Waals surface area contributed by atoms with E-state index < -0.39 is 0 Å². The van der Waals surface area contributed by atoms with Gasteiger partial charge in [-0.1, -0.05) is 49.7 Å². The lowest BCUT2D eigenvalue weighted by Gasteiger charge is -2.10. The lowest BCUT2D eigenvalue weighted by Crippen LogP contribution is -2.12. The van der Waals surface area contributed by atoms with Crippen molar-refractivity contribution in [1.29, 1.82) is 0 Å². The molecule has 1 heterocycles. The second kappa shape index (κ2) is 7.41. The van der Waals surface area contributed by atoms with Crippen molar-refractivity contribution in [3.8, 4) is 0 Å². The molecule has 0 aliphatic carbocycles. The number of nitrogens with one attached hydrogen (secondary N) is 1. The van der Waals surface area contributed by atoms with Crippen molar-refractivity contribution in [3.63, 3.8) is 0 Å². The highest BCUT2D eigenvalue weighted by Gasteiger charge is 2.06. The molecule has 0 fully saturated rings. The second-order valence-corrected chi connectivity index (χ2v) is 5.46. The van der Waals surface area contributed by atoms with Crippen LogP contribution in [0.15, 0.2) is 24.3 Å². The van der Waals surface area contributed by atoms with Crippen LogP contribution in [0.5, 0.6) is 0 Å². The zero-order valence-corrected chi connectivity index (χ0v) is 12.7. The molecular formula is C15H20ClN3O. The predicted molar refractivity (Wildman–Crippen MR) is 83.3 cm³/mol. The van der Waals surface area contributed by atoms with Crippen LogP contribution in [0.25, 0.3) is 10.8 Å². The summed E-state index contributed by atoms with van der Waals surface area (Å²) in [5.41, 5.74) is 0. The summed E-state index contributed by atoms with van der Waals surface area (Å²) in [5, 5.41) is 13.6. The predicted octanol–water partition coefficient (Wildman–Crippen LogP) is 3.76. The Bertz CT molecular complexity index is 560. The lowest BCUT2D eigenvalue weighted by atomic mass is 10.1. The van der Waals surface area contributed by atoms with E-state index in [0.29, 0.717) is 24.2 Å². The van der Waals surface area contributed by atoms with E-state index >= 15 is 0 Å². The maximum Gasteiger partial charge on any atom is 0.159 e. The number of ether oxygens (including phenoxy) is 1. The molecule has 20 heavy (non-hydrogen) atoms. The molecule has 0 radical (unpaired) electrons. The first-order valence-electron chi connectivity index (χ1n) is 6.91. The van der Waals surface area contributed by atoms with Crippen molar-refractivity contribution >= 4 is 28.2 Å². The maximum atomic E-state index is 6.04. The van der Waals surface area contributed by atoms with Crippen molar-refractivity contribution in [3.05, 3.63) is 29.4 Å². The van der Waals surface area contributed by atoms with E-state index in [2.05, 4.69) is 29.4 Å². The minimum absolute atomic E-state index is 0.430. The van der Waals surface area contributed by atoms with Gasteiger partial charge in [0, 0.05) is 23.9 Å². The number of aromatic nitrogens is 2. The van der Waals surface area contributed by atoms with Gasteiger partial charge in [-0.3, -0.25) is 0 Å². The first kappa shape index (κ1) is 15.0. The minimum Gasteiger partial charge on any atom is -0.380 e. The molecule has 2 aromatic rings. The molecule has 0 spiro atoms. The summed E-state index contributed by atoms with van der Waals surface area (Å²) in [6, 6.07) is 7.83. The van der Waals surface area contributed by atoms with E-state index in [9.17, 15) is 0 Å². The Morgan fingerprint density at radius 3 is 2.65 bits per heavy atom. The molecule has 0 bridgehead atoms. The van der Waals surface area contributed by atoms with Gasteiger partial charge in [-0.15, -0.1) is 10.2 Å². The monoisotopic (exact) mass is 293 g/mol. The Hall–Kier alpha value is -1.39. The fourth-order valence-electron chi connectivity index (χ4n) is 1.86. The summed E-state index contributed by atoms with van der Waals surface area (Å²) in [4.78, 5) is 0. The molecule has 0 saturated heterocycles. The SMILES string of the molecule is CC(C)CCOCCNc1nnc(Cl)c2ccccc12. The van der Waals surface area contributed by atoms with Gasteiger partial charge in [-0.05, 0) is 12.3 Å². The Morgan fingerprint density at radius 2 is 1.90 bits per heavy atom. The van der Waals surface area contributed by atoms with Gasteiger partial charge in [0.2, 0.25) is 0 Å². The summed E-state index contributed by atoms with van der Waals surface area (Å²) in [7, 11) is 0. The summed E-state index contributed by atoms with van der Waals surface area (Å²) in [6.45, 7) is 6.55. The molecular weight excluding hydrogens is 274 g/mol. The van der Waals surface area contributed by atoms with E-state index in [4.69, 9.17) is 16.3 Å². The van der Waals surface area contributed by atoms with Crippen LogP contribution in [0.4, 0.5) is 5.82 Å². The minimum atomic E-state index is 0.430. The fraction of sp³-hybridized carbons (Fsp3) is 0.467. The first-order chi connectivity index (χ1) is 9.68. The number of hydrogen-bond acceptors (Lipinski definition) is 4. The van der Waals surface area contributed by atoms with Crippen molar-refractivity contribution < 1.29 is 4.74 Å². The summed E-state index contributed by atoms with van der Waals surface area (Å²) < 4.78 is 5.57. The molecule has 5 heteroatoms. The first-order valence-corrected chi connectivity index (χ1v) is 7.29. The van der Waals surface area contributed by atoms with Gasteiger partial charge in [0.1, 0.15) is 0 Å². The van der Waals surface area contributed by atoms with Crippen LogP contribution < -0.4 is 5.32 Å². The number of rotatable bonds is 7. The highest BCUT2D eigenvalue weighted by molar-refractivity contribution is 6.34. The Balaban J connectivity index is 1.89. The summed E-state index contributed by atoms with van der Waals surface area (Å²) in [5.74, 6) is 1.42. The molecule has 0 saturated carbocycles. The molecule has 1 aromatic heterocycles. The number of halogens is 1. The summed E-state index contributed by atoms with van der Waals surface area (Å²) in [6.07, 6.45) is 1.09. The van der Waals surface area contributed by atoms with Gasteiger partial charge in [0.25, 0.3) is 0 Å². The smallest absolute Gasteiger partial charge is 0.159 e. The van der Waals surface area contributed by atoms with Crippen molar-refractivity contribution in [2.45, 2.75) is 20.3 Å². The number of anilines is 1. The average Bonchev–Trinajstić information content (AvgIpc) is 2.45. The van der Waals surface area contributed by atoms with Crippen LogP contribution in [0.3, 0.4) is 0 Å². The van der Waals surface area contributed by atoms with Crippen molar-refractivity contribution in [1.82, 2.24) is 10.2 Å². The molecule has 108 valence electrons. The van der Waals surface area contributed by atoms with Crippen molar-refractivity contribution in [2.24, 2.45) is 5.92 Å². The third-order valence-electron chi connectivity index (χ3n) is 3.02. The zero-order valence-electron chi connectivity index (χ0n) is 11.9. The maximum absolute atomic E-state index is 6.04. The molecule has 4 nitrogen and oxygen atoms in total. The number of fused-ring (bicyclic) bond motifs is 1. The fourth-order valence-corrected chi connectivity index (χ4v) is 2.07. The highest BCUT2D eigenvalue weighted by atomic mass is 35.5. The number of benzene rings is 1. The second-order valence-electron chi connectivity index (χ2n) is 5.11. The summed E-state index contributed by atoms with van der Waals surface area (Å²) >= 11 is 6.04. The molecule has 2 rings (SSSR count). The Labute approximate surface area is 124 Å². The molecule has 0 atom stereocenters. The third-order valence-corrected chi connectivity index (χ3v) is 3.30. The van der Waals surface area contributed by atoms with Crippen molar-refractivity contribution in [2.75, 3.05) is 25.1 Å². The van der Waals surface area contributed by atoms with Gasteiger partial charge in [0.15, 0.2) is 11.0 Å². The zero-order chi connectivity index (χ0) is 14.4. The highest BCUT2D eigenvalue weighted by Crippen LogP contribution is 2.25. The average molecular weight is 294 g/mol. The van der Waals surface area contributed by atoms with Crippen LogP contribution in [0.2, 0.25) is 5.15 Å². The Morgan fingerprint density at radius 1 is 1.15 bits per heavy atom. The van der Waals surface area contributed by atoms with Gasteiger partial charge in [-0.25, -0.2) is 0 Å². The Kier molecular flexibility index (Phi) is 5.56. The van der Waals surface area contributed by atoms with Crippen LogP contribution in [0.1, 0.15) is 20.3 Å². The normalized spacial score (nSPS) is 11.2. The van der Waals surface area contributed by atoms with Crippen LogP contribution in [-0.4, -0.2) is 30.0 Å².